The second-order valence-electron chi connectivity index (χ2n) is 5.29. The first-order chi connectivity index (χ1) is 8.24. The number of nitrogens with two attached hydrogens (primary N) is 1. The Kier molecular flexibility index (Phi) is 4.16. The summed E-state index contributed by atoms with van der Waals surface area (Å²) in [7, 11) is 0. The maximum Gasteiger partial charge on any atom is 0.126 e. The van der Waals surface area contributed by atoms with Crippen molar-refractivity contribution >= 4 is 0 Å². The summed E-state index contributed by atoms with van der Waals surface area (Å²) >= 11 is 0. The average molecular weight is 235 g/mol. The quantitative estimate of drug-likeness (QED) is 0.849. The zero-order valence-corrected chi connectivity index (χ0v) is 10.5. The molecule has 0 aromatic heterocycles. The third-order valence-electron chi connectivity index (χ3n) is 4.25. The van der Waals surface area contributed by atoms with Gasteiger partial charge in [-0.15, -0.1) is 0 Å². The van der Waals surface area contributed by atoms with E-state index in [1.54, 1.807) is 12.1 Å². The van der Waals surface area contributed by atoms with Crippen LogP contribution in [0.15, 0.2) is 24.3 Å². The molecule has 1 nitrogen and oxygen atoms in total. The molecule has 1 saturated carbocycles. The van der Waals surface area contributed by atoms with Crippen LogP contribution in [0.1, 0.15) is 44.1 Å². The smallest absolute Gasteiger partial charge is 0.126 e. The van der Waals surface area contributed by atoms with Gasteiger partial charge in [0.2, 0.25) is 0 Å². The van der Waals surface area contributed by atoms with E-state index in [0.717, 1.165) is 5.56 Å². The number of hydrogen-bond donors (Lipinski definition) is 1. The van der Waals surface area contributed by atoms with E-state index in [1.807, 2.05) is 12.1 Å². The molecular formula is C15H22FN. The molecule has 2 N–H and O–H groups in total. The monoisotopic (exact) mass is 235 g/mol. The normalized spacial score (nSPS) is 26.8. The molecule has 1 aliphatic carbocycles. The SMILES string of the molecule is CC1CCCCC1C(CN)c1ccccc1F. The van der Waals surface area contributed by atoms with Crippen LogP contribution in [0.3, 0.4) is 0 Å². The molecule has 3 atom stereocenters. The van der Waals surface area contributed by atoms with Gasteiger partial charge in [-0.25, -0.2) is 4.39 Å². The van der Waals surface area contributed by atoms with Gasteiger partial charge in [0.1, 0.15) is 5.82 Å². The summed E-state index contributed by atoms with van der Waals surface area (Å²) in [5.41, 5.74) is 6.71. The Bertz CT molecular complexity index is 364. The van der Waals surface area contributed by atoms with Crippen LogP contribution in [-0.4, -0.2) is 6.54 Å². The second kappa shape index (κ2) is 5.63. The summed E-state index contributed by atoms with van der Waals surface area (Å²) in [6.07, 6.45) is 5.03. The Morgan fingerprint density at radius 3 is 2.65 bits per heavy atom. The van der Waals surface area contributed by atoms with E-state index >= 15 is 0 Å². The lowest BCUT2D eigenvalue weighted by atomic mass is 9.71. The summed E-state index contributed by atoms with van der Waals surface area (Å²) < 4.78 is 13.9. The summed E-state index contributed by atoms with van der Waals surface area (Å²) in [4.78, 5) is 0. The molecule has 1 aromatic rings. The largest absolute Gasteiger partial charge is 0.330 e. The van der Waals surface area contributed by atoms with Crippen LogP contribution < -0.4 is 5.73 Å². The molecule has 1 aliphatic rings. The fraction of sp³-hybridized carbons (Fsp3) is 0.600. The minimum Gasteiger partial charge on any atom is -0.330 e. The highest BCUT2D eigenvalue weighted by Gasteiger charge is 2.30. The fourth-order valence-corrected chi connectivity index (χ4v) is 3.25. The topological polar surface area (TPSA) is 26.0 Å². The van der Waals surface area contributed by atoms with Crippen molar-refractivity contribution in [1.29, 1.82) is 0 Å². The first kappa shape index (κ1) is 12.6. The molecule has 17 heavy (non-hydrogen) atoms. The minimum atomic E-state index is -0.0966. The first-order valence-corrected chi connectivity index (χ1v) is 6.68. The molecule has 1 aromatic carbocycles. The Hall–Kier alpha value is -0.890. The Labute approximate surface area is 103 Å². The van der Waals surface area contributed by atoms with E-state index in [4.69, 9.17) is 5.73 Å². The molecule has 94 valence electrons. The maximum absolute atomic E-state index is 13.9. The van der Waals surface area contributed by atoms with Crippen LogP contribution in [0, 0.1) is 17.7 Å². The molecule has 0 spiro atoms. The van der Waals surface area contributed by atoms with Gasteiger partial charge in [-0.05, 0) is 36.4 Å². The molecule has 3 unspecified atom stereocenters. The lowest BCUT2D eigenvalue weighted by molar-refractivity contribution is 0.216. The van der Waals surface area contributed by atoms with Crippen LogP contribution in [0.25, 0.3) is 0 Å². The molecule has 0 heterocycles. The van der Waals surface area contributed by atoms with Gasteiger partial charge in [0.15, 0.2) is 0 Å². The summed E-state index contributed by atoms with van der Waals surface area (Å²) in [5, 5.41) is 0. The highest BCUT2D eigenvalue weighted by Crippen LogP contribution is 2.39. The number of benzene rings is 1. The molecule has 1 fully saturated rings. The van der Waals surface area contributed by atoms with Gasteiger partial charge >= 0.3 is 0 Å². The van der Waals surface area contributed by atoms with Crippen molar-refractivity contribution in [3.8, 4) is 0 Å². The van der Waals surface area contributed by atoms with E-state index < -0.39 is 0 Å². The third kappa shape index (κ3) is 2.68. The van der Waals surface area contributed by atoms with Crippen molar-refractivity contribution in [1.82, 2.24) is 0 Å². The summed E-state index contributed by atoms with van der Waals surface area (Å²) in [6.45, 7) is 2.84. The van der Waals surface area contributed by atoms with Gasteiger partial charge in [-0.3, -0.25) is 0 Å². The maximum atomic E-state index is 13.9. The molecule has 0 bridgehead atoms. The van der Waals surface area contributed by atoms with Gasteiger partial charge in [-0.2, -0.15) is 0 Å². The Morgan fingerprint density at radius 2 is 2.00 bits per heavy atom. The van der Waals surface area contributed by atoms with Crippen molar-refractivity contribution in [2.45, 2.75) is 38.5 Å². The van der Waals surface area contributed by atoms with Crippen molar-refractivity contribution in [2.24, 2.45) is 17.6 Å². The lowest BCUT2D eigenvalue weighted by Crippen LogP contribution is -2.29. The molecule has 2 rings (SSSR count). The van der Waals surface area contributed by atoms with Gasteiger partial charge < -0.3 is 5.73 Å². The van der Waals surface area contributed by atoms with Gasteiger partial charge in [0.25, 0.3) is 0 Å². The molecule has 0 saturated heterocycles. The van der Waals surface area contributed by atoms with Crippen molar-refractivity contribution in [3.05, 3.63) is 35.6 Å². The van der Waals surface area contributed by atoms with Crippen molar-refractivity contribution in [2.75, 3.05) is 6.54 Å². The molecule has 0 radical (unpaired) electrons. The Morgan fingerprint density at radius 1 is 1.29 bits per heavy atom. The highest BCUT2D eigenvalue weighted by molar-refractivity contribution is 5.23. The zero-order chi connectivity index (χ0) is 12.3. The first-order valence-electron chi connectivity index (χ1n) is 6.68. The fourth-order valence-electron chi connectivity index (χ4n) is 3.25. The summed E-state index contributed by atoms with van der Waals surface area (Å²) in [6, 6.07) is 7.10. The van der Waals surface area contributed by atoms with E-state index in [-0.39, 0.29) is 11.7 Å². The standard InChI is InChI=1S/C15H22FN/c1-11-6-2-3-7-12(11)14(10-17)13-8-4-5-9-15(13)16/h4-5,8-9,11-12,14H,2-3,6-7,10,17H2,1H3. The number of halogens is 1. The minimum absolute atomic E-state index is 0.0966. The number of rotatable bonds is 3. The van der Waals surface area contributed by atoms with Crippen molar-refractivity contribution < 1.29 is 4.39 Å². The van der Waals surface area contributed by atoms with Gasteiger partial charge in [0, 0.05) is 5.92 Å². The second-order valence-corrected chi connectivity index (χ2v) is 5.29. The van der Waals surface area contributed by atoms with Crippen LogP contribution in [-0.2, 0) is 0 Å². The van der Waals surface area contributed by atoms with Gasteiger partial charge in [-0.1, -0.05) is 44.4 Å². The molecular weight excluding hydrogens is 213 g/mol. The van der Waals surface area contributed by atoms with E-state index in [2.05, 4.69) is 6.92 Å². The van der Waals surface area contributed by atoms with Crippen LogP contribution in [0.4, 0.5) is 4.39 Å². The Balaban J connectivity index is 2.23. The van der Waals surface area contributed by atoms with E-state index in [1.165, 1.54) is 25.7 Å². The highest BCUT2D eigenvalue weighted by atomic mass is 19.1. The van der Waals surface area contributed by atoms with Crippen molar-refractivity contribution in [3.63, 3.8) is 0 Å². The third-order valence-corrected chi connectivity index (χ3v) is 4.25. The van der Waals surface area contributed by atoms with Crippen LogP contribution >= 0.6 is 0 Å². The lowest BCUT2D eigenvalue weighted by Gasteiger charge is -2.35. The zero-order valence-electron chi connectivity index (χ0n) is 10.5. The molecule has 2 heteroatoms. The van der Waals surface area contributed by atoms with E-state index in [0.29, 0.717) is 18.4 Å². The number of hydrogen-bond acceptors (Lipinski definition) is 1. The average Bonchev–Trinajstić information content (AvgIpc) is 2.34. The summed E-state index contributed by atoms with van der Waals surface area (Å²) in [5.74, 6) is 1.30. The van der Waals surface area contributed by atoms with Gasteiger partial charge in [0.05, 0.1) is 0 Å². The molecule has 0 amide bonds. The van der Waals surface area contributed by atoms with Crippen LogP contribution in [0.5, 0.6) is 0 Å². The predicted molar refractivity (Wildman–Crippen MR) is 69.3 cm³/mol. The molecule has 0 aliphatic heterocycles. The van der Waals surface area contributed by atoms with E-state index in [9.17, 15) is 4.39 Å². The van der Waals surface area contributed by atoms with Crippen LogP contribution in [0.2, 0.25) is 0 Å². The predicted octanol–water partition coefficient (Wildman–Crippen LogP) is 3.69.